The summed E-state index contributed by atoms with van der Waals surface area (Å²) in [5, 5.41) is 3.27. The molecule has 20 heavy (non-hydrogen) atoms. The molecule has 0 saturated heterocycles. The molecule has 0 aromatic heterocycles. The molecule has 5 heteroatoms. The molecule has 3 atom stereocenters. The summed E-state index contributed by atoms with van der Waals surface area (Å²) in [6.45, 7) is 15.7. The molecule has 0 aliphatic heterocycles. The second-order valence-electron chi connectivity index (χ2n) is 3.60. The number of hydrogen-bond acceptors (Lipinski definition) is 3. The molecule has 0 heterocycles. The van der Waals surface area contributed by atoms with Crippen LogP contribution in [0.5, 0.6) is 0 Å². The molecule has 0 radical (unpaired) electrons. The van der Waals surface area contributed by atoms with E-state index in [2.05, 4.69) is 24.5 Å². The van der Waals surface area contributed by atoms with E-state index in [0.29, 0.717) is 0 Å². The van der Waals surface area contributed by atoms with E-state index in [4.69, 9.17) is 0 Å². The molecule has 126 valence electrons. The summed E-state index contributed by atoms with van der Waals surface area (Å²) < 4.78 is 4.08. The van der Waals surface area contributed by atoms with Gasteiger partial charge in [-0.15, -0.1) is 0 Å². The van der Waals surface area contributed by atoms with Crippen LogP contribution >= 0.6 is 32.4 Å². The van der Waals surface area contributed by atoms with Crippen LogP contribution in [-0.4, -0.2) is 12.0 Å². The lowest BCUT2D eigenvalue weighted by molar-refractivity contribution is -0.128. The van der Waals surface area contributed by atoms with Gasteiger partial charge >= 0.3 is 5.97 Å². The van der Waals surface area contributed by atoms with Crippen LogP contribution in [0.3, 0.4) is 0 Å². The normalized spacial score (nSPS) is 19.1. The molecular formula is C15H37INO2P. The first-order valence-corrected chi connectivity index (χ1v) is 9.33. The van der Waals surface area contributed by atoms with Crippen molar-refractivity contribution in [2.45, 2.75) is 87.1 Å². The van der Waals surface area contributed by atoms with Gasteiger partial charge in [0.1, 0.15) is 0 Å². The van der Waals surface area contributed by atoms with Crippen molar-refractivity contribution in [3.8, 4) is 0 Å². The first kappa shape index (κ1) is 28.7. The highest BCUT2D eigenvalue weighted by Crippen LogP contribution is 2.23. The summed E-state index contributed by atoms with van der Waals surface area (Å²) in [5.41, 5.74) is 0. The van der Waals surface area contributed by atoms with Gasteiger partial charge in [0.05, 0.1) is 0 Å². The molecule has 3 nitrogen and oxygen atoms in total. The van der Waals surface area contributed by atoms with Crippen LogP contribution in [0.25, 0.3) is 0 Å². The molecule has 1 N–H and O–H groups in total. The van der Waals surface area contributed by atoms with Crippen LogP contribution in [-0.2, 0) is 7.86 Å². The molecule has 1 rings (SSSR count). The molecule has 3 unspecified atom stereocenters. The third-order valence-electron chi connectivity index (χ3n) is 2.43. The number of halogens is 1. The van der Waals surface area contributed by atoms with Crippen molar-refractivity contribution in [3.05, 3.63) is 0 Å². The van der Waals surface area contributed by atoms with Gasteiger partial charge in [-0.05, 0) is 18.8 Å². The Kier molecular flexibility index (Phi) is 40.0. The summed E-state index contributed by atoms with van der Waals surface area (Å²) in [6.07, 6.45) is 5.62. The van der Waals surface area contributed by atoms with Gasteiger partial charge in [0, 0.05) is 13.0 Å². The maximum Gasteiger partial charge on any atom is 0.312 e. The maximum absolute atomic E-state index is 9.58. The highest BCUT2D eigenvalue weighted by Gasteiger charge is 2.18. The third-order valence-corrected chi connectivity index (χ3v) is 3.48. The molecule has 0 aromatic rings. The SMILES string of the molecule is CC.CC.CC.CC(=O)OI.CC1CCCCC1NP. The second kappa shape index (κ2) is 27.9. The molecule has 0 spiro atoms. The Bertz CT molecular complexity index is 172. The summed E-state index contributed by atoms with van der Waals surface area (Å²) in [6, 6.07) is 0.767. The van der Waals surface area contributed by atoms with Crippen LogP contribution in [0.2, 0.25) is 0 Å². The predicted octanol–water partition coefficient (Wildman–Crippen LogP) is 5.92. The Morgan fingerprint density at radius 1 is 1.10 bits per heavy atom. The summed E-state index contributed by atoms with van der Waals surface area (Å²) in [5.74, 6) is 0.627. The van der Waals surface area contributed by atoms with Gasteiger partial charge in [-0.3, -0.25) is 9.88 Å². The zero-order chi connectivity index (χ0) is 17.0. The molecule has 1 aliphatic carbocycles. The van der Waals surface area contributed by atoms with Crippen molar-refractivity contribution in [2.24, 2.45) is 5.92 Å². The van der Waals surface area contributed by atoms with Gasteiger partial charge < -0.3 is 3.07 Å². The minimum absolute atomic E-state index is 0.259. The lowest BCUT2D eigenvalue weighted by atomic mass is 9.87. The van der Waals surface area contributed by atoms with Gasteiger partial charge in [-0.2, -0.15) is 0 Å². The maximum atomic E-state index is 9.58. The van der Waals surface area contributed by atoms with Crippen LogP contribution in [0.15, 0.2) is 0 Å². The minimum Gasteiger partial charge on any atom is -0.395 e. The Hall–Kier alpha value is 0.590. The lowest BCUT2D eigenvalue weighted by Crippen LogP contribution is -2.30. The molecule has 1 aliphatic rings. The van der Waals surface area contributed by atoms with Crippen LogP contribution in [0.4, 0.5) is 0 Å². The number of carbonyl (C=O) groups excluding carboxylic acids is 1. The van der Waals surface area contributed by atoms with E-state index in [0.717, 1.165) is 12.0 Å². The highest BCUT2D eigenvalue weighted by molar-refractivity contribution is 14.1. The molecule has 1 saturated carbocycles. The average molecular weight is 421 g/mol. The fourth-order valence-corrected chi connectivity index (χ4v) is 2.06. The lowest BCUT2D eigenvalue weighted by Gasteiger charge is -2.27. The van der Waals surface area contributed by atoms with Gasteiger partial charge in [-0.1, -0.05) is 70.7 Å². The molecular weight excluding hydrogens is 384 g/mol. The van der Waals surface area contributed by atoms with E-state index >= 15 is 0 Å². The fraction of sp³-hybridized carbons (Fsp3) is 0.933. The summed E-state index contributed by atoms with van der Waals surface area (Å²) in [7, 11) is 2.62. The van der Waals surface area contributed by atoms with Crippen molar-refractivity contribution >= 4 is 38.4 Å². The van der Waals surface area contributed by atoms with Crippen LogP contribution < -0.4 is 5.09 Å². The van der Waals surface area contributed by atoms with E-state index in [1.807, 2.05) is 41.5 Å². The van der Waals surface area contributed by atoms with Crippen molar-refractivity contribution in [1.29, 1.82) is 0 Å². The predicted molar refractivity (Wildman–Crippen MR) is 104 cm³/mol. The van der Waals surface area contributed by atoms with Crippen molar-refractivity contribution in [2.75, 3.05) is 0 Å². The van der Waals surface area contributed by atoms with E-state index in [9.17, 15) is 4.79 Å². The Balaban J connectivity index is -0.000000100. The van der Waals surface area contributed by atoms with Crippen LogP contribution in [0.1, 0.15) is 81.1 Å². The van der Waals surface area contributed by atoms with Gasteiger partial charge in [0.2, 0.25) is 0 Å². The van der Waals surface area contributed by atoms with E-state index in [-0.39, 0.29) is 5.97 Å². The summed E-state index contributed by atoms with van der Waals surface area (Å²) >= 11 is 1.53. The van der Waals surface area contributed by atoms with E-state index < -0.39 is 0 Å². The standard InChI is InChI=1S/C7H16NP.C2H3IO2.3C2H6/c1-6-4-2-3-5-7(6)8-9;1-2(4)5-3;3*1-2/h6-8H,2-5,9H2,1H3;1H3;3*1-2H3. The Labute approximate surface area is 144 Å². The highest BCUT2D eigenvalue weighted by atomic mass is 127. The zero-order valence-electron chi connectivity index (χ0n) is 14.8. The summed E-state index contributed by atoms with van der Waals surface area (Å²) in [4.78, 5) is 9.58. The average Bonchev–Trinajstić information content (AvgIpc) is 2.54. The molecule has 0 amide bonds. The van der Waals surface area contributed by atoms with Gasteiger partial charge in [0.15, 0.2) is 23.0 Å². The molecule has 0 bridgehead atoms. The Morgan fingerprint density at radius 3 is 1.65 bits per heavy atom. The number of hydrogen-bond donors (Lipinski definition) is 1. The molecule has 1 fully saturated rings. The number of nitrogens with one attached hydrogen (secondary N) is 1. The van der Waals surface area contributed by atoms with Crippen LogP contribution in [0, 0.1) is 5.92 Å². The quantitative estimate of drug-likeness (QED) is 0.422. The van der Waals surface area contributed by atoms with Gasteiger partial charge in [-0.25, -0.2) is 0 Å². The van der Waals surface area contributed by atoms with E-state index in [1.165, 1.54) is 55.6 Å². The van der Waals surface area contributed by atoms with Crippen molar-refractivity contribution in [1.82, 2.24) is 5.09 Å². The topological polar surface area (TPSA) is 38.3 Å². The molecule has 0 aromatic carbocycles. The van der Waals surface area contributed by atoms with Crippen molar-refractivity contribution < 1.29 is 7.86 Å². The first-order valence-electron chi connectivity index (χ1n) is 7.87. The monoisotopic (exact) mass is 421 g/mol. The largest absolute Gasteiger partial charge is 0.395 e. The van der Waals surface area contributed by atoms with E-state index in [1.54, 1.807) is 0 Å². The first-order chi connectivity index (χ1) is 9.61. The minimum atomic E-state index is -0.259. The Morgan fingerprint density at radius 2 is 1.45 bits per heavy atom. The number of carbonyl (C=O) groups is 1. The van der Waals surface area contributed by atoms with Gasteiger partial charge in [0.25, 0.3) is 0 Å². The van der Waals surface area contributed by atoms with Crippen molar-refractivity contribution in [3.63, 3.8) is 0 Å². The zero-order valence-corrected chi connectivity index (χ0v) is 18.1. The second-order valence-corrected chi connectivity index (χ2v) is 4.38. The fourth-order valence-electron chi connectivity index (χ4n) is 1.56. The smallest absolute Gasteiger partial charge is 0.312 e. The number of rotatable bonds is 1. The third kappa shape index (κ3) is 23.7.